The monoisotopic (exact) mass is 574 g/mol. The third-order valence-corrected chi connectivity index (χ3v) is 7.23. The Morgan fingerprint density at radius 1 is 0.953 bits per heavy atom. The Bertz CT molecular complexity index is 1750. The summed E-state index contributed by atoms with van der Waals surface area (Å²) in [5, 5.41) is 18.1. The van der Waals surface area contributed by atoms with Crippen LogP contribution in [0.4, 0.5) is 5.82 Å². The maximum Gasteiger partial charge on any atom is 0.236 e. The molecule has 1 saturated heterocycles. The second-order valence-electron chi connectivity index (χ2n) is 10.2. The van der Waals surface area contributed by atoms with Gasteiger partial charge in [-0.1, -0.05) is 30.3 Å². The Morgan fingerprint density at radius 3 is 2.37 bits per heavy atom. The van der Waals surface area contributed by atoms with Crippen molar-refractivity contribution in [2.45, 2.75) is 25.4 Å². The number of nitrogens with zero attached hydrogens (tertiary/aromatic N) is 5. The number of benzene rings is 3. The standard InChI is InChI=1S/C33H30N6O4/c1-41-25-9-7-23(8-10-25)21-39-33-31(32(37-39)36-24-17-20-38(22-24)30(40)15-18-34)29(16-19-35-33)43-28-13-11-27(12-14-28)42-26-5-3-2-4-6-26/h2-14,16,19,24H,15,17,20-22H2,1H3,(H,36,37)/t24-/m1/s1. The highest BCUT2D eigenvalue weighted by Crippen LogP contribution is 2.36. The number of hydrogen-bond donors (Lipinski definition) is 1. The van der Waals surface area contributed by atoms with Crippen LogP contribution in [0, 0.1) is 11.3 Å². The van der Waals surface area contributed by atoms with Crippen LogP contribution >= 0.6 is 0 Å². The Hall–Kier alpha value is -5.56. The minimum atomic E-state index is -0.160. The lowest BCUT2D eigenvalue weighted by molar-refractivity contribution is -0.129. The Morgan fingerprint density at radius 2 is 1.65 bits per heavy atom. The van der Waals surface area contributed by atoms with E-state index in [1.54, 1.807) is 18.2 Å². The van der Waals surface area contributed by atoms with Crippen molar-refractivity contribution < 1.29 is 19.0 Å². The molecule has 0 spiro atoms. The van der Waals surface area contributed by atoms with Crippen molar-refractivity contribution in [3.8, 4) is 34.8 Å². The molecule has 10 heteroatoms. The number of fused-ring (bicyclic) bond motifs is 1. The van der Waals surface area contributed by atoms with E-state index in [1.807, 2.05) is 95.7 Å². The second kappa shape index (κ2) is 12.5. The van der Waals surface area contributed by atoms with Crippen molar-refractivity contribution in [1.29, 1.82) is 5.26 Å². The highest BCUT2D eigenvalue weighted by molar-refractivity contribution is 5.93. The maximum atomic E-state index is 12.3. The SMILES string of the molecule is COc1ccc(Cn2nc(N[C@@H]3CCN(C(=O)CC#N)C3)c3c(Oc4ccc(Oc5ccccc5)cc4)ccnc32)cc1. The molecule has 1 atom stereocenters. The molecule has 216 valence electrons. The van der Waals surface area contributed by atoms with Gasteiger partial charge in [0.25, 0.3) is 0 Å². The molecule has 2 aromatic heterocycles. The van der Waals surface area contributed by atoms with E-state index in [4.69, 9.17) is 24.6 Å². The zero-order valence-electron chi connectivity index (χ0n) is 23.6. The molecule has 1 fully saturated rings. The van der Waals surface area contributed by atoms with Crippen molar-refractivity contribution in [1.82, 2.24) is 19.7 Å². The van der Waals surface area contributed by atoms with Gasteiger partial charge in [0.15, 0.2) is 11.5 Å². The number of pyridine rings is 1. The topological polar surface area (TPSA) is 115 Å². The van der Waals surface area contributed by atoms with E-state index in [0.29, 0.717) is 48.3 Å². The number of amides is 1. The summed E-state index contributed by atoms with van der Waals surface area (Å²) in [6.45, 7) is 1.57. The molecule has 3 aromatic carbocycles. The van der Waals surface area contributed by atoms with Crippen molar-refractivity contribution in [2.75, 3.05) is 25.5 Å². The molecular formula is C33H30N6O4. The molecule has 1 aliphatic rings. The molecule has 6 rings (SSSR count). The number of carbonyl (C=O) groups is 1. The van der Waals surface area contributed by atoms with Crippen molar-refractivity contribution >= 4 is 22.8 Å². The van der Waals surface area contributed by atoms with Gasteiger partial charge in [-0.25, -0.2) is 9.67 Å². The minimum Gasteiger partial charge on any atom is -0.497 e. The highest BCUT2D eigenvalue weighted by atomic mass is 16.5. The van der Waals surface area contributed by atoms with Gasteiger partial charge in [-0.15, -0.1) is 0 Å². The Balaban J connectivity index is 1.29. The van der Waals surface area contributed by atoms with Crippen molar-refractivity contribution in [3.63, 3.8) is 0 Å². The fraction of sp³-hybridized carbons (Fsp3) is 0.212. The first-order valence-electron chi connectivity index (χ1n) is 14.0. The summed E-state index contributed by atoms with van der Waals surface area (Å²) in [4.78, 5) is 18.7. The van der Waals surface area contributed by atoms with E-state index in [0.717, 1.165) is 28.9 Å². The van der Waals surface area contributed by atoms with Crippen LogP contribution < -0.4 is 19.5 Å². The number of nitriles is 1. The van der Waals surface area contributed by atoms with Crippen LogP contribution in [0.25, 0.3) is 11.0 Å². The number of likely N-dealkylation sites (tertiary alicyclic amines) is 1. The number of hydrogen-bond acceptors (Lipinski definition) is 8. The van der Waals surface area contributed by atoms with Crippen LogP contribution in [0.3, 0.4) is 0 Å². The molecule has 0 radical (unpaired) electrons. The summed E-state index contributed by atoms with van der Waals surface area (Å²) in [5.74, 6) is 3.93. The third kappa shape index (κ3) is 6.36. The van der Waals surface area contributed by atoms with Crippen LogP contribution in [-0.2, 0) is 11.3 Å². The number of methoxy groups -OCH3 is 1. The van der Waals surface area contributed by atoms with Gasteiger partial charge in [0.05, 0.1) is 19.7 Å². The summed E-state index contributed by atoms with van der Waals surface area (Å²) in [6, 6.07) is 28.6. The fourth-order valence-corrected chi connectivity index (χ4v) is 5.07. The number of aromatic nitrogens is 3. The molecule has 0 bridgehead atoms. The van der Waals surface area contributed by atoms with E-state index >= 15 is 0 Å². The normalized spacial score (nSPS) is 14.3. The minimum absolute atomic E-state index is 0.0299. The first kappa shape index (κ1) is 27.6. The highest BCUT2D eigenvalue weighted by Gasteiger charge is 2.28. The summed E-state index contributed by atoms with van der Waals surface area (Å²) >= 11 is 0. The number of para-hydroxylation sites is 1. The number of carbonyl (C=O) groups excluding carboxylic acids is 1. The molecule has 0 aliphatic carbocycles. The largest absolute Gasteiger partial charge is 0.497 e. The Labute approximate surface area is 249 Å². The van der Waals surface area contributed by atoms with Gasteiger partial charge in [0.2, 0.25) is 5.91 Å². The summed E-state index contributed by atoms with van der Waals surface area (Å²) in [5.41, 5.74) is 1.70. The van der Waals surface area contributed by atoms with Crippen LogP contribution in [0.15, 0.2) is 91.1 Å². The van der Waals surface area contributed by atoms with E-state index in [-0.39, 0.29) is 18.4 Å². The summed E-state index contributed by atoms with van der Waals surface area (Å²) < 4.78 is 19.4. The molecule has 0 unspecified atom stereocenters. The van der Waals surface area contributed by atoms with Crippen molar-refractivity contribution in [2.24, 2.45) is 0 Å². The van der Waals surface area contributed by atoms with Gasteiger partial charge < -0.3 is 24.4 Å². The van der Waals surface area contributed by atoms with E-state index in [2.05, 4.69) is 10.3 Å². The van der Waals surface area contributed by atoms with Gasteiger partial charge in [-0.3, -0.25) is 4.79 Å². The van der Waals surface area contributed by atoms with Crippen LogP contribution in [-0.4, -0.2) is 51.8 Å². The quantitative estimate of drug-likeness (QED) is 0.216. The molecule has 3 heterocycles. The van der Waals surface area contributed by atoms with Gasteiger partial charge >= 0.3 is 0 Å². The van der Waals surface area contributed by atoms with Crippen LogP contribution in [0.1, 0.15) is 18.4 Å². The van der Waals surface area contributed by atoms with E-state index < -0.39 is 0 Å². The zero-order valence-corrected chi connectivity index (χ0v) is 23.6. The average molecular weight is 575 g/mol. The molecule has 43 heavy (non-hydrogen) atoms. The summed E-state index contributed by atoms with van der Waals surface area (Å²) in [7, 11) is 1.64. The smallest absolute Gasteiger partial charge is 0.236 e. The fourth-order valence-electron chi connectivity index (χ4n) is 5.07. The van der Waals surface area contributed by atoms with Crippen molar-refractivity contribution in [3.05, 3.63) is 96.7 Å². The van der Waals surface area contributed by atoms with Crippen LogP contribution in [0.5, 0.6) is 28.7 Å². The lowest BCUT2D eigenvalue weighted by Crippen LogP contribution is -2.31. The predicted octanol–water partition coefficient (Wildman–Crippen LogP) is 6.00. The molecule has 10 nitrogen and oxygen atoms in total. The molecular weight excluding hydrogens is 544 g/mol. The van der Waals surface area contributed by atoms with Gasteiger partial charge in [-0.05, 0) is 60.5 Å². The first-order chi connectivity index (χ1) is 21.1. The number of ether oxygens (including phenoxy) is 3. The molecule has 1 N–H and O–H groups in total. The Kier molecular flexibility index (Phi) is 8.04. The van der Waals surface area contributed by atoms with Gasteiger partial charge in [-0.2, -0.15) is 10.4 Å². The first-order valence-corrected chi connectivity index (χ1v) is 14.0. The molecule has 0 saturated carbocycles. The lowest BCUT2D eigenvalue weighted by atomic mass is 10.2. The third-order valence-electron chi connectivity index (χ3n) is 7.23. The maximum absolute atomic E-state index is 12.3. The second-order valence-corrected chi connectivity index (χ2v) is 10.2. The van der Waals surface area contributed by atoms with Crippen LogP contribution in [0.2, 0.25) is 0 Å². The molecule has 5 aromatic rings. The number of nitrogens with one attached hydrogen (secondary N) is 1. The predicted molar refractivity (Wildman–Crippen MR) is 161 cm³/mol. The van der Waals surface area contributed by atoms with Gasteiger partial charge in [0, 0.05) is 31.4 Å². The average Bonchev–Trinajstić information content (AvgIpc) is 3.65. The lowest BCUT2D eigenvalue weighted by Gasteiger charge is -2.16. The number of anilines is 1. The molecule has 1 aliphatic heterocycles. The molecule has 1 amide bonds. The van der Waals surface area contributed by atoms with E-state index in [9.17, 15) is 4.79 Å². The summed E-state index contributed by atoms with van der Waals surface area (Å²) in [6.07, 6.45) is 2.32. The van der Waals surface area contributed by atoms with Gasteiger partial charge in [0.1, 0.15) is 40.6 Å². The van der Waals surface area contributed by atoms with E-state index in [1.165, 1.54) is 0 Å². The number of rotatable bonds is 10. The zero-order chi connectivity index (χ0) is 29.6.